The van der Waals surface area contributed by atoms with Gasteiger partial charge in [0.05, 0.1) is 11.5 Å². The second-order valence-electron chi connectivity index (χ2n) is 5.22. The van der Waals surface area contributed by atoms with Gasteiger partial charge in [-0.15, -0.1) is 0 Å². The molecule has 17 heavy (non-hydrogen) atoms. The van der Waals surface area contributed by atoms with Crippen molar-refractivity contribution in [2.75, 3.05) is 26.7 Å². The van der Waals surface area contributed by atoms with Crippen molar-refractivity contribution in [2.24, 2.45) is 5.41 Å². The lowest BCUT2D eigenvalue weighted by atomic mass is 9.84. The second kappa shape index (κ2) is 4.29. The van der Waals surface area contributed by atoms with E-state index >= 15 is 0 Å². The van der Waals surface area contributed by atoms with Crippen LogP contribution in [-0.4, -0.2) is 59.5 Å². The summed E-state index contributed by atoms with van der Waals surface area (Å²) in [6.07, 6.45) is 2.12. The molecule has 2 atom stereocenters. The fourth-order valence-corrected chi connectivity index (χ4v) is 2.93. The highest BCUT2D eigenvalue weighted by molar-refractivity contribution is 5.84. The van der Waals surface area contributed by atoms with Gasteiger partial charge in [-0.2, -0.15) is 0 Å². The van der Waals surface area contributed by atoms with Gasteiger partial charge in [0, 0.05) is 26.7 Å². The van der Waals surface area contributed by atoms with Crippen LogP contribution in [0.4, 0.5) is 0 Å². The molecule has 1 amide bonds. The molecular formula is C12H20N2O3. The summed E-state index contributed by atoms with van der Waals surface area (Å²) >= 11 is 0. The van der Waals surface area contributed by atoms with Gasteiger partial charge in [-0.05, 0) is 19.3 Å². The molecule has 0 aromatic carbocycles. The van der Waals surface area contributed by atoms with Gasteiger partial charge in [0.25, 0.3) is 0 Å². The second-order valence-corrected chi connectivity index (χ2v) is 5.22. The van der Waals surface area contributed by atoms with Crippen LogP contribution in [-0.2, 0) is 9.59 Å². The smallest absolute Gasteiger partial charge is 0.310 e. The molecule has 5 nitrogen and oxygen atoms in total. The molecule has 96 valence electrons. The zero-order valence-electron chi connectivity index (χ0n) is 10.5. The van der Waals surface area contributed by atoms with E-state index in [1.165, 1.54) is 0 Å². The Bertz CT molecular complexity index is 345. The van der Waals surface area contributed by atoms with Crippen LogP contribution in [0.3, 0.4) is 0 Å². The Hall–Kier alpha value is -1.10. The van der Waals surface area contributed by atoms with Crippen molar-refractivity contribution >= 4 is 11.9 Å². The quantitative estimate of drug-likeness (QED) is 0.776. The third-order valence-corrected chi connectivity index (χ3v) is 4.35. The zero-order chi connectivity index (χ0) is 12.6. The predicted octanol–water partition coefficient (Wildman–Crippen LogP) is 0.404. The molecular weight excluding hydrogens is 220 g/mol. The molecule has 0 aliphatic carbocycles. The van der Waals surface area contributed by atoms with Crippen molar-refractivity contribution in [3.05, 3.63) is 0 Å². The maximum atomic E-state index is 11.9. The van der Waals surface area contributed by atoms with Gasteiger partial charge in [0.2, 0.25) is 5.91 Å². The number of likely N-dealkylation sites (N-methyl/N-ethyl adjacent to an activating group) is 1. The van der Waals surface area contributed by atoms with Crippen LogP contribution in [0.2, 0.25) is 0 Å². The van der Waals surface area contributed by atoms with Crippen LogP contribution in [0, 0.1) is 5.41 Å². The van der Waals surface area contributed by atoms with E-state index in [9.17, 15) is 14.7 Å². The first-order chi connectivity index (χ1) is 8.00. The zero-order valence-corrected chi connectivity index (χ0v) is 10.5. The number of hydrogen-bond acceptors (Lipinski definition) is 3. The molecule has 2 rings (SSSR count). The van der Waals surface area contributed by atoms with Crippen molar-refractivity contribution in [1.29, 1.82) is 0 Å². The Labute approximate surface area is 101 Å². The van der Waals surface area contributed by atoms with Crippen LogP contribution in [0.5, 0.6) is 0 Å². The van der Waals surface area contributed by atoms with Gasteiger partial charge in [-0.25, -0.2) is 0 Å². The van der Waals surface area contributed by atoms with E-state index in [0.717, 1.165) is 19.5 Å². The van der Waals surface area contributed by atoms with Crippen LogP contribution in [0.15, 0.2) is 0 Å². The number of carbonyl (C=O) groups is 2. The molecule has 1 N–H and O–H groups in total. The fourth-order valence-electron chi connectivity index (χ4n) is 2.93. The normalized spacial score (nSPS) is 34.6. The minimum absolute atomic E-state index is 0.0900. The number of amides is 1. The van der Waals surface area contributed by atoms with E-state index in [4.69, 9.17) is 0 Å². The standard InChI is InChI=1S/C12H20N2O3/c1-3-12(11(16)17)5-7-14(8-12)9-4-6-13(2)10(9)15/h9H,3-8H2,1-2H3,(H,16,17). The molecule has 2 heterocycles. The number of carboxylic acid groups (broad SMARTS) is 1. The summed E-state index contributed by atoms with van der Waals surface area (Å²) < 4.78 is 0. The molecule has 2 unspecified atom stereocenters. The SMILES string of the molecule is CCC1(C(=O)O)CCN(C2CCN(C)C2=O)C1. The molecule has 0 saturated carbocycles. The summed E-state index contributed by atoms with van der Waals surface area (Å²) in [5, 5.41) is 9.32. The molecule has 0 radical (unpaired) electrons. The van der Waals surface area contributed by atoms with Gasteiger partial charge in [0.1, 0.15) is 0 Å². The lowest BCUT2D eigenvalue weighted by Gasteiger charge is -2.26. The van der Waals surface area contributed by atoms with Crippen molar-refractivity contribution in [2.45, 2.75) is 32.2 Å². The van der Waals surface area contributed by atoms with Crippen molar-refractivity contribution in [1.82, 2.24) is 9.80 Å². The summed E-state index contributed by atoms with van der Waals surface area (Å²) in [4.78, 5) is 27.0. The van der Waals surface area contributed by atoms with E-state index < -0.39 is 11.4 Å². The first kappa shape index (κ1) is 12.4. The topological polar surface area (TPSA) is 60.9 Å². The monoisotopic (exact) mass is 240 g/mol. The third-order valence-electron chi connectivity index (χ3n) is 4.35. The molecule has 0 aromatic heterocycles. The molecule has 2 aliphatic rings. The largest absolute Gasteiger partial charge is 0.481 e. The van der Waals surface area contributed by atoms with Gasteiger partial charge in [-0.1, -0.05) is 6.92 Å². The van der Waals surface area contributed by atoms with Crippen LogP contribution in [0.25, 0.3) is 0 Å². The van der Waals surface area contributed by atoms with Crippen LogP contribution < -0.4 is 0 Å². The first-order valence-corrected chi connectivity index (χ1v) is 6.22. The lowest BCUT2D eigenvalue weighted by Crippen LogP contribution is -2.42. The molecule has 0 bridgehead atoms. The third kappa shape index (κ3) is 1.92. The Morgan fingerprint density at radius 3 is 2.65 bits per heavy atom. The van der Waals surface area contributed by atoms with Crippen LogP contribution >= 0.6 is 0 Å². The number of carboxylic acids is 1. The van der Waals surface area contributed by atoms with Crippen molar-refractivity contribution in [3.8, 4) is 0 Å². The first-order valence-electron chi connectivity index (χ1n) is 6.22. The highest BCUT2D eigenvalue weighted by atomic mass is 16.4. The summed E-state index contributed by atoms with van der Waals surface area (Å²) in [6.45, 7) is 3.94. The number of likely N-dealkylation sites (tertiary alicyclic amines) is 2. The minimum Gasteiger partial charge on any atom is -0.481 e. The van der Waals surface area contributed by atoms with E-state index in [-0.39, 0.29) is 11.9 Å². The highest BCUT2D eigenvalue weighted by Gasteiger charge is 2.47. The molecule has 0 aromatic rings. The number of nitrogens with zero attached hydrogens (tertiary/aromatic N) is 2. The average molecular weight is 240 g/mol. The maximum absolute atomic E-state index is 11.9. The lowest BCUT2D eigenvalue weighted by molar-refractivity contribution is -0.148. The number of carbonyl (C=O) groups excluding carboxylic acids is 1. The van der Waals surface area contributed by atoms with Gasteiger partial charge >= 0.3 is 5.97 Å². The molecule has 5 heteroatoms. The number of aliphatic carboxylic acids is 1. The Morgan fingerprint density at radius 1 is 1.53 bits per heavy atom. The van der Waals surface area contributed by atoms with Crippen molar-refractivity contribution in [3.63, 3.8) is 0 Å². The van der Waals surface area contributed by atoms with E-state index in [2.05, 4.69) is 4.90 Å². The Balaban J connectivity index is 2.07. The summed E-state index contributed by atoms with van der Waals surface area (Å²) in [5.74, 6) is -0.580. The van der Waals surface area contributed by atoms with Crippen LogP contribution in [0.1, 0.15) is 26.2 Å². The summed E-state index contributed by atoms with van der Waals surface area (Å²) in [7, 11) is 1.81. The fraction of sp³-hybridized carbons (Fsp3) is 0.833. The van der Waals surface area contributed by atoms with E-state index in [0.29, 0.717) is 19.4 Å². The molecule has 0 spiro atoms. The number of hydrogen-bond donors (Lipinski definition) is 1. The predicted molar refractivity (Wildman–Crippen MR) is 62.6 cm³/mol. The van der Waals surface area contributed by atoms with Gasteiger partial charge in [-0.3, -0.25) is 14.5 Å². The highest BCUT2D eigenvalue weighted by Crippen LogP contribution is 2.36. The van der Waals surface area contributed by atoms with E-state index in [1.54, 1.807) is 4.90 Å². The van der Waals surface area contributed by atoms with Gasteiger partial charge in [0.15, 0.2) is 0 Å². The van der Waals surface area contributed by atoms with E-state index in [1.807, 2.05) is 14.0 Å². The maximum Gasteiger partial charge on any atom is 0.310 e. The average Bonchev–Trinajstić information content (AvgIpc) is 2.86. The van der Waals surface area contributed by atoms with Gasteiger partial charge < -0.3 is 10.0 Å². The summed E-state index contributed by atoms with van der Waals surface area (Å²) in [6, 6.07) is -0.0900. The molecule has 2 saturated heterocycles. The Morgan fingerprint density at radius 2 is 2.24 bits per heavy atom. The van der Waals surface area contributed by atoms with Crippen molar-refractivity contribution < 1.29 is 14.7 Å². The molecule has 2 aliphatic heterocycles. The summed E-state index contributed by atoms with van der Waals surface area (Å²) in [5.41, 5.74) is -0.637. The molecule has 2 fully saturated rings. The minimum atomic E-state index is -0.721. The Kier molecular flexibility index (Phi) is 3.12. The number of rotatable bonds is 3.